The highest BCUT2D eigenvalue weighted by Crippen LogP contribution is 2.30. The summed E-state index contributed by atoms with van der Waals surface area (Å²) in [6.07, 6.45) is 3.09. The van der Waals surface area contributed by atoms with E-state index in [1.807, 2.05) is 30.3 Å². The summed E-state index contributed by atoms with van der Waals surface area (Å²) < 4.78 is 34.8. The maximum atomic E-state index is 12.1. The third-order valence-corrected chi connectivity index (χ3v) is 5.97. The lowest BCUT2D eigenvalue weighted by atomic mass is 10.0. The van der Waals surface area contributed by atoms with E-state index in [2.05, 4.69) is 10.2 Å². The van der Waals surface area contributed by atoms with Gasteiger partial charge in [-0.3, -0.25) is 0 Å². The average molecular weight is 391 g/mol. The molecule has 1 heterocycles. The fourth-order valence-electron chi connectivity index (χ4n) is 3.42. The molecule has 0 atom stereocenters. The van der Waals surface area contributed by atoms with Crippen LogP contribution in [0.3, 0.4) is 0 Å². The summed E-state index contributed by atoms with van der Waals surface area (Å²) >= 11 is 0. The van der Waals surface area contributed by atoms with Crippen molar-refractivity contribution in [1.82, 2.24) is 0 Å². The molecule has 27 heavy (non-hydrogen) atoms. The van der Waals surface area contributed by atoms with Crippen LogP contribution in [-0.2, 0) is 9.84 Å². The van der Waals surface area contributed by atoms with Crippen LogP contribution in [0.4, 0.5) is 11.4 Å². The topological polar surface area (TPSA) is 67.9 Å². The third kappa shape index (κ3) is 4.66. The number of nitrogens with one attached hydrogen (secondary N) is 1. The highest BCUT2D eigenvalue weighted by atomic mass is 32.2. The molecule has 1 aliphatic rings. The smallest absolute Gasteiger partial charge is 0.177 e. The van der Waals surface area contributed by atoms with Crippen LogP contribution in [0.25, 0.3) is 0 Å². The Hall–Kier alpha value is -2.41. The number of ether oxygens (including phenoxy) is 2. The van der Waals surface area contributed by atoms with Crippen molar-refractivity contribution in [2.75, 3.05) is 43.8 Å². The monoisotopic (exact) mass is 390 g/mol. The van der Waals surface area contributed by atoms with Gasteiger partial charge in [0.25, 0.3) is 0 Å². The normalized spacial score (nSPS) is 15.4. The van der Waals surface area contributed by atoms with Gasteiger partial charge in [0.05, 0.1) is 24.8 Å². The molecule has 2 aromatic rings. The van der Waals surface area contributed by atoms with Crippen molar-refractivity contribution in [3.63, 3.8) is 0 Å². The van der Waals surface area contributed by atoms with Crippen molar-refractivity contribution < 1.29 is 17.9 Å². The highest BCUT2D eigenvalue weighted by Gasteiger charge is 2.23. The summed E-state index contributed by atoms with van der Waals surface area (Å²) in [5, 5.41) is 3.54. The molecule has 6 nitrogen and oxygen atoms in total. The Morgan fingerprint density at radius 3 is 2.15 bits per heavy atom. The number of hydrogen-bond donors (Lipinski definition) is 1. The van der Waals surface area contributed by atoms with Gasteiger partial charge in [-0.1, -0.05) is 12.1 Å². The fraction of sp³-hybridized carbons (Fsp3) is 0.400. The van der Waals surface area contributed by atoms with Crippen LogP contribution < -0.4 is 19.7 Å². The predicted molar refractivity (Wildman–Crippen MR) is 108 cm³/mol. The van der Waals surface area contributed by atoms with Gasteiger partial charge in [0.1, 0.15) is 11.5 Å². The fourth-order valence-corrected chi connectivity index (χ4v) is 4.33. The van der Waals surface area contributed by atoms with Crippen LogP contribution in [0.5, 0.6) is 11.5 Å². The Labute approximate surface area is 161 Å². The molecule has 0 aliphatic carbocycles. The van der Waals surface area contributed by atoms with Crippen molar-refractivity contribution in [3.8, 4) is 11.5 Å². The maximum Gasteiger partial charge on any atom is 0.177 e. The minimum absolute atomic E-state index is 0.309. The zero-order valence-corrected chi connectivity index (χ0v) is 16.8. The van der Waals surface area contributed by atoms with E-state index in [9.17, 15) is 8.42 Å². The van der Waals surface area contributed by atoms with Crippen molar-refractivity contribution in [3.05, 3.63) is 42.5 Å². The Morgan fingerprint density at radius 2 is 1.59 bits per heavy atom. The van der Waals surface area contributed by atoms with E-state index in [0.717, 1.165) is 48.8 Å². The summed E-state index contributed by atoms with van der Waals surface area (Å²) in [5.74, 6) is 1.49. The molecule has 0 radical (unpaired) electrons. The van der Waals surface area contributed by atoms with Crippen molar-refractivity contribution in [2.45, 2.75) is 23.8 Å². The molecule has 0 bridgehead atoms. The second-order valence-corrected chi connectivity index (χ2v) is 8.73. The molecule has 3 rings (SSSR count). The van der Waals surface area contributed by atoms with E-state index in [1.54, 1.807) is 26.4 Å². The van der Waals surface area contributed by atoms with E-state index >= 15 is 0 Å². The average Bonchev–Trinajstić information content (AvgIpc) is 2.67. The van der Waals surface area contributed by atoms with Crippen LogP contribution in [-0.4, -0.2) is 48.0 Å². The second-order valence-electron chi connectivity index (χ2n) is 6.75. The van der Waals surface area contributed by atoms with Crippen LogP contribution in [0.15, 0.2) is 47.4 Å². The molecule has 146 valence electrons. The van der Waals surface area contributed by atoms with Crippen molar-refractivity contribution in [1.29, 1.82) is 0 Å². The number of benzene rings is 2. The zero-order chi connectivity index (χ0) is 19.4. The summed E-state index contributed by atoms with van der Waals surface area (Å²) in [7, 11) is 0.0250. The molecule has 1 saturated heterocycles. The van der Waals surface area contributed by atoms with Gasteiger partial charge in [0.2, 0.25) is 0 Å². The lowest BCUT2D eigenvalue weighted by Crippen LogP contribution is -2.39. The molecule has 0 saturated carbocycles. The quantitative estimate of drug-likeness (QED) is 0.817. The minimum Gasteiger partial charge on any atom is -0.497 e. The van der Waals surface area contributed by atoms with Gasteiger partial charge in [-0.15, -0.1) is 0 Å². The van der Waals surface area contributed by atoms with Gasteiger partial charge < -0.3 is 19.7 Å². The van der Waals surface area contributed by atoms with Gasteiger partial charge in [0.15, 0.2) is 9.84 Å². The number of anilines is 2. The zero-order valence-electron chi connectivity index (χ0n) is 15.9. The number of hydrogen-bond acceptors (Lipinski definition) is 6. The summed E-state index contributed by atoms with van der Waals surface area (Å²) in [4.78, 5) is 2.55. The van der Waals surface area contributed by atoms with Crippen LogP contribution >= 0.6 is 0 Å². The molecular weight excluding hydrogens is 364 g/mol. The highest BCUT2D eigenvalue weighted by molar-refractivity contribution is 7.90. The second kappa shape index (κ2) is 8.08. The number of para-hydroxylation sites is 1. The first-order chi connectivity index (χ1) is 12.9. The molecule has 0 spiro atoms. The third-order valence-electron chi connectivity index (χ3n) is 4.82. The first-order valence-corrected chi connectivity index (χ1v) is 10.8. The Bertz CT molecular complexity index is 868. The van der Waals surface area contributed by atoms with Crippen LogP contribution in [0.2, 0.25) is 0 Å². The molecule has 0 amide bonds. The number of methoxy groups -OCH3 is 2. The van der Waals surface area contributed by atoms with Crippen molar-refractivity contribution >= 4 is 21.2 Å². The number of rotatable bonds is 6. The molecule has 0 unspecified atom stereocenters. The molecule has 1 fully saturated rings. The lowest BCUT2D eigenvalue weighted by Gasteiger charge is -2.35. The summed E-state index contributed by atoms with van der Waals surface area (Å²) in [6.45, 7) is 1.59. The van der Waals surface area contributed by atoms with Crippen molar-refractivity contribution in [2.24, 2.45) is 0 Å². The van der Waals surface area contributed by atoms with Gasteiger partial charge in [0, 0.05) is 49.3 Å². The molecule has 2 aromatic carbocycles. The molecule has 0 aromatic heterocycles. The maximum absolute atomic E-state index is 12.1. The number of nitrogens with zero attached hydrogens (tertiary/aromatic N) is 1. The number of sulfone groups is 1. The van der Waals surface area contributed by atoms with Gasteiger partial charge >= 0.3 is 0 Å². The molecule has 1 N–H and O–H groups in total. The Kier molecular flexibility index (Phi) is 5.79. The van der Waals surface area contributed by atoms with Crippen LogP contribution in [0.1, 0.15) is 12.8 Å². The SMILES string of the molecule is COc1cc(NC2CCN(c3ccccc3S(C)(=O)=O)CC2)cc(OC)c1. The van der Waals surface area contributed by atoms with E-state index in [1.165, 1.54) is 6.26 Å². The van der Waals surface area contributed by atoms with E-state index in [-0.39, 0.29) is 0 Å². The molecule has 7 heteroatoms. The molecule has 1 aliphatic heterocycles. The van der Waals surface area contributed by atoms with Gasteiger partial charge in [-0.05, 0) is 25.0 Å². The van der Waals surface area contributed by atoms with E-state index in [0.29, 0.717) is 10.9 Å². The Balaban J connectivity index is 1.68. The summed E-state index contributed by atoms with van der Waals surface area (Å²) in [6, 6.07) is 13.3. The largest absolute Gasteiger partial charge is 0.497 e. The first kappa shape index (κ1) is 19.4. The molecular formula is C20H26N2O4S. The van der Waals surface area contributed by atoms with Crippen LogP contribution in [0, 0.1) is 0 Å². The standard InChI is InChI=1S/C20H26N2O4S/c1-25-17-12-16(13-18(14-17)26-2)21-15-8-10-22(11-9-15)19-6-4-5-7-20(19)27(3,23)24/h4-7,12-15,21H,8-11H2,1-3H3. The Morgan fingerprint density at radius 1 is 1.00 bits per heavy atom. The lowest BCUT2D eigenvalue weighted by molar-refractivity contribution is 0.394. The first-order valence-electron chi connectivity index (χ1n) is 8.94. The number of piperidine rings is 1. The predicted octanol–water partition coefficient (Wildman–Crippen LogP) is 3.19. The van der Waals surface area contributed by atoms with E-state index in [4.69, 9.17) is 9.47 Å². The van der Waals surface area contributed by atoms with E-state index < -0.39 is 9.84 Å². The van der Waals surface area contributed by atoms with Gasteiger partial charge in [-0.25, -0.2) is 8.42 Å². The summed E-state index contributed by atoms with van der Waals surface area (Å²) in [5.41, 5.74) is 1.75. The van der Waals surface area contributed by atoms with Gasteiger partial charge in [-0.2, -0.15) is 0 Å². The minimum atomic E-state index is -3.25.